The van der Waals surface area contributed by atoms with Gasteiger partial charge >= 0.3 is 0 Å². The van der Waals surface area contributed by atoms with Gasteiger partial charge in [0, 0.05) is 32.8 Å². The summed E-state index contributed by atoms with van der Waals surface area (Å²) in [6, 6.07) is 2.23. The molecule has 0 amide bonds. The van der Waals surface area contributed by atoms with Crippen molar-refractivity contribution in [1.82, 2.24) is 15.1 Å². The Morgan fingerprint density at radius 3 is 2.74 bits per heavy atom. The summed E-state index contributed by atoms with van der Waals surface area (Å²) in [6.45, 7) is 11.4. The number of hydrogen-bond donors (Lipinski definition) is 1. The predicted octanol–water partition coefficient (Wildman–Crippen LogP) is 2.37. The van der Waals surface area contributed by atoms with Crippen molar-refractivity contribution >= 4 is 0 Å². The zero-order chi connectivity index (χ0) is 13.7. The first kappa shape index (κ1) is 14.5. The van der Waals surface area contributed by atoms with E-state index in [-0.39, 0.29) is 0 Å². The Kier molecular flexibility index (Phi) is 4.99. The number of aryl methyl sites for hydroxylation is 2. The fraction of sp³-hybridized carbons (Fsp3) is 0.800. The van der Waals surface area contributed by atoms with Crippen LogP contribution < -0.4 is 5.32 Å². The number of nitrogens with one attached hydrogen (secondary N) is 1. The van der Waals surface area contributed by atoms with Crippen LogP contribution in [0.4, 0.5) is 0 Å². The highest BCUT2D eigenvalue weighted by Crippen LogP contribution is 2.28. The second-order valence-electron chi connectivity index (χ2n) is 5.82. The summed E-state index contributed by atoms with van der Waals surface area (Å²) in [7, 11) is 0. The lowest BCUT2D eigenvalue weighted by atomic mass is 9.82. The van der Waals surface area contributed by atoms with Gasteiger partial charge in [-0.1, -0.05) is 13.8 Å². The minimum Gasteiger partial charge on any atom is -0.381 e. The lowest BCUT2D eigenvalue weighted by molar-refractivity contribution is 0.0239. The van der Waals surface area contributed by atoms with E-state index in [2.05, 4.69) is 41.9 Å². The maximum Gasteiger partial charge on any atom is 0.0625 e. The normalized spacial score (nSPS) is 18.7. The fourth-order valence-electron chi connectivity index (χ4n) is 2.64. The Labute approximate surface area is 116 Å². The molecule has 1 aliphatic heterocycles. The van der Waals surface area contributed by atoms with Crippen LogP contribution in [0.2, 0.25) is 0 Å². The third kappa shape index (κ3) is 3.80. The van der Waals surface area contributed by atoms with E-state index in [0.717, 1.165) is 52.1 Å². The lowest BCUT2D eigenvalue weighted by Gasteiger charge is -2.33. The van der Waals surface area contributed by atoms with Crippen LogP contribution in [-0.2, 0) is 24.2 Å². The lowest BCUT2D eigenvalue weighted by Crippen LogP contribution is -2.36. The monoisotopic (exact) mass is 265 g/mol. The Hall–Kier alpha value is -0.870. The minimum atomic E-state index is 0.392. The summed E-state index contributed by atoms with van der Waals surface area (Å²) in [4.78, 5) is 0. The predicted molar refractivity (Wildman–Crippen MR) is 77.1 cm³/mol. The summed E-state index contributed by atoms with van der Waals surface area (Å²) < 4.78 is 7.55. The van der Waals surface area contributed by atoms with Crippen molar-refractivity contribution in [2.45, 2.75) is 53.1 Å². The Morgan fingerprint density at radius 2 is 2.11 bits per heavy atom. The molecule has 4 heteroatoms. The van der Waals surface area contributed by atoms with E-state index in [1.807, 2.05) is 0 Å². The molecule has 1 aliphatic rings. The molecule has 1 N–H and O–H groups in total. The molecule has 0 unspecified atom stereocenters. The topological polar surface area (TPSA) is 39.1 Å². The third-order valence-electron chi connectivity index (χ3n) is 4.13. The third-order valence-corrected chi connectivity index (χ3v) is 4.13. The van der Waals surface area contributed by atoms with Crippen molar-refractivity contribution in [3.63, 3.8) is 0 Å². The Balaban J connectivity index is 1.86. The van der Waals surface area contributed by atoms with Crippen molar-refractivity contribution in [3.05, 3.63) is 17.5 Å². The van der Waals surface area contributed by atoms with E-state index in [1.54, 1.807) is 0 Å². The molecule has 1 aromatic heterocycles. The Morgan fingerprint density at radius 1 is 1.37 bits per heavy atom. The smallest absolute Gasteiger partial charge is 0.0625 e. The van der Waals surface area contributed by atoms with Crippen molar-refractivity contribution in [1.29, 1.82) is 0 Å². The molecule has 0 aromatic carbocycles. The van der Waals surface area contributed by atoms with Crippen LogP contribution in [0.1, 0.15) is 45.0 Å². The van der Waals surface area contributed by atoms with Crippen LogP contribution in [0.3, 0.4) is 0 Å². The molecule has 0 spiro atoms. The molecule has 1 aromatic rings. The van der Waals surface area contributed by atoms with Gasteiger partial charge in [0.25, 0.3) is 0 Å². The highest BCUT2D eigenvalue weighted by molar-refractivity contribution is 5.10. The molecule has 0 radical (unpaired) electrons. The van der Waals surface area contributed by atoms with Crippen LogP contribution in [0, 0.1) is 5.41 Å². The second kappa shape index (κ2) is 6.53. The van der Waals surface area contributed by atoms with Crippen molar-refractivity contribution in [2.24, 2.45) is 5.41 Å². The van der Waals surface area contributed by atoms with Gasteiger partial charge in [0.15, 0.2) is 0 Å². The highest BCUT2D eigenvalue weighted by Gasteiger charge is 2.26. The number of ether oxygens (including phenoxy) is 1. The van der Waals surface area contributed by atoms with Crippen molar-refractivity contribution in [3.8, 4) is 0 Å². The highest BCUT2D eigenvalue weighted by atomic mass is 16.5. The SMILES string of the molecule is CCc1cc(CNCC2(C)CCOCC2)n(CC)n1. The quantitative estimate of drug-likeness (QED) is 0.858. The van der Waals surface area contributed by atoms with Gasteiger partial charge in [-0.2, -0.15) is 5.10 Å². The summed E-state index contributed by atoms with van der Waals surface area (Å²) in [6.07, 6.45) is 3.33. The zero-order valence-electron chi connectivity index (χ0n) is 12.5. The number of hydrogen-bond acceptors (Lipinski definition) is 3. The molecule has 0 aliphatic carbocycles. The van der Waals surface area contributed by atoms with Gasteiger partial charge in [-0.3, -0.25) is 4.68 Å². The number of aromatic nitrogens is 2. The van der Waals surface area contributed by atoms with Crippen LogP contribution in [0.25, 0.3) is 0 Å². The molecule has 2 rings (SSSR count). The molecule has 4 nitrogen and oxygen atoms in total. The van der Waals surface area contributed by atoms with E-state index >= 15 is 0 Å². The molecule has 0 saturated carbocycles. The molecule has 1 fully saturated rings. The summed E-state index contributed by atoms with van der Waals surface area (Å²) in [5, 5.41) is 8.19. The van der Waals surface area contributed by atoms with E-state index in [9.17, 15) is 0 Å². The molecule has 19 heavy (non-hydrogen) atoms. The van der Waals surface area contributed by atoms with Gasteiger partial charge < -0.3 is 10.1 Å². The van der Waals surface area contributed by atoms with Gasteiger partial charge in [-0.25, -0.2) is 0 Å². The van der Waals surface area contributed by atoms with Crippen molar-refractivity contribution < 1.29 is 4.74 Å². The van der Waals surface area contributed by atoms with Crippen LogP contribution in [0.15, 0.2) is 6.07 Å². The standard InChI is InChI=1S/C15H27N3O/c1-4-13-10-14(18(5-2)17-13)11-16-12-15(3)6-8-19-9-7-15/h10,16H,4-9,11-12H2,1-3H3. The Bertz CT molecular complexity index is 394. The molecular formula is C15H27N3O. The summed E-state index contributed by atoms with van der Waals surface area (Å²) >= 11 is 0. The first-order valence-corrected chi connectivity index (χ1v) is 7.51. The molecule has 0 atom stereocenters. The maximum absolute atomic E-state index is 5.44. The zero-order valence-corrected chi connectivity index (χ0v) is 12.5. The summed E-state index contributed by atoms with van der Waals surface area (Å²) in [5.74, 6) is 0. The first-order chi connectivity index (χ1) is 9.17. The van der Waals surface area contributed by atoms with Crippen LogP contribution in [-0.4, -0.2) is 29.5 Å². The van der Waals surface area contributed by atoms with Gasteiger partial charge in [0.1, 0.15) is 0 Å². The van der Waals surface area contributed by atoms with E-state index in [4.69, 9.17) is 4.74 Å². The minimum absolute atomic E-state index is 0.392. The van der Waals surface area contributed by atoms with Crippen LogP contribution in [0.5, 0.6) is 0 Å². The molecule has 2 heterocycles. The second-order valence-corrected chi connectivity index (χ2v) is 5.82. The van der Waals surface area contributed by atoms with Gasteiger partial charge in [-0.15, -0.1) is 0 Å². The van der Waals surface area contributed by atoms with Crippen molar-refractivity contribution in [2.75, 3.05) is 19.8 Å². The molecule has 108 valence electrons. The molecular weight excluding hydrogens is 238 g/mol. The van der Waals surface area contributed by atoms with Crippen LogP contribution >= 0.6 is 0 Å². The molecule has 0 bridgehead atoms. The average molecular weight is 265 g/mol. The number of rotatable bonds is 6. The van der Waals surface area contributed by atoms with E-state index in [1.165, 1.54) is 11.4 Å². The van der Waals surface area contributed by atoms with E-state index < -0.39 is 0 Å². The summed E-state index contributed by atoms with van der Waals surface area (Å²) in [5.41, 5.74) is 2.88. The van der Waals surface area contributed by atoms with Gasteiger partial charge in [0.05, 0.1) is 11.4 Å². The average Bonchev–Trinajstić information content (AvgIpc) is 2.82. The first-order valence-electron chi connectivity index (χ1n) is 7.51. The fourth-order valence-corrected chi connectivity index (χ4v) is 2.64. The molecule has 1 saturated heterocycles. The van der Waals surface area contributed by atoms with Gasteiger partial charge in [0.2, 0.25) is 0 Å². The largest absolute Gasteiger partial charge is 0.381 e. The van der Waals surface area contributed by atoms with Gasteiger partial charge in [-0.05, 0) is 37.7 Å². The number of nitrogens with zero attached hydrogens (tertiary/aromatic N) is 2. The maximum atomic E-state index is 5.44. The van der Waals surface area contributed by atoms with E-state index in [0.29, 0.717) is 5.41 Å².